The van der Waals surface area contributed by atoms with Crippen LogP contribution in [0.15, 0.2) is 16.6 Å². The van der Waals surface area contributed by atoms with Crippen molar-refractivity contribution >= 4 is 22.0 Å². The third-order valence-electron chi connectivity index (χ3n) is 2.46. The highest BCUT2D eigenvalue weighted by atomic mass is 79.9. The lowest BCUT2D eigenvalue weighted by atomic mass is 10.2. The third-order valence-corrected chi connectivity index (χ3v) is 3.05. The molecule has 22 heavy (non-hydrogen) atoms. The van der Waals surface area contributed by atoms with Gasteiger partial charge >= 0.3 is 6.09 Å². The van der Waals surface area contributed by atoms with Gasteiger partial charge in [-0.25, -0.2) is 10.2 Å². The molecule has 0 spiro atoms. The maximum atomic E-state index is 11.5. The summed E-state index contributed by atoms with van der Waals surface area (Å²) in [7, 11) is 1.58. The molecule has 0 bridgehead atoms. The number of carbonyl (C=O) groups excluding carboxylic acids is 1. The van der Waals surface area contributed by atoms with Gasteiger partial charge in [0.05, 0.1) is 18.2 Å². The number of benzene rings is 1. The fourth-order valence-corrected chi connectivity index (χ4v) is 2.29. The third kappa shape index (κ3) is 6.11. The molecule has 0 atom stereocenters. The highest BCUT2D eigenvalue weighted by molar-refractivity contribution is 9.10. The van der Waals surface area contributed by atoms with Crippen molar-refractivity contribution in [1.82, 2.24) is 10.9 Å². The van der Waals surface area contributed by atoms with Gasteiger partial charge in [0.15, 0.2) is 11.5 Å². The van der Waals surface area contributed by atoms with E-state index >= 15 is 0 Å². The first-order valence-electron chi connectivity index (χ1n) is 6.98. The molecule has 2 N–H and O–H groups in total. The lowest BCUT2D eigenvalue weighted by Gasteiger charge is -2.20. The number of rotatable bonds is 6. The Hall–Kier alpha value is -1.47. The first-order chi connectivity index (χ1) is 10.3. The second kappa shape index (κ2) is 8.24. The van der Waals surface area contributed by atoms with E-state index in [2.05, 4.69) is 26.8 Å². The fourth-order valence-electron chi connectivity index (χ4n) is 1.68. The number of methoxy groups -OCH3 is 1. The highest BCUT2D eigenvalue weighted by Crippen LogP contribution is 2.36. The van der Waals surface area contributed by atoms with Crippen LogP contribution < -0.4 is 20.3 Å². The molecule has 0 aliphatic carbocycles. The van der Waals surface area contributed by atoms with Crippen molar-refractivity contribution in [2.75, 3.05) is 13.7 Å². The molecule has 1 amide bonds. The molecule has 0 saturated heterocycles. The van der Waals surface area contributed by atoms with Crippen molar-refractivity contribution in [1.29, 1.82) is 0 Å². The molecule has 1 aromatic carbocycles. The number of hydrazine groups is 1. The Morgan fingerprint density at radius 2 is 2.00 bits per heavy atom. The van der Waals surface area contributed by atoms with Gasteiger partial charge in [-0.2, -0.15) is 0 Å². The molecule has 0 aromatic heterocycles. The maximum absolute atomic E-state index is 11.5. The van der Waals surface area contributed by atoms with E-state index in [0.29, 0.717) is 24.7 Å². The molecule has 0 aliphatic rings. The predicted octanol–water partition coefficient (Wildman–Crippen LogP) is 3.39. The number of amides is 1. The standard InChI is InChI=1S/C15H23BrN2O4/c1-6-21-13-11(16)7-10(8-12(13)20-5)9-17-18-14(19)22-15(2,3)4/h7-8,17H,6,9H2,1-5H3,(H,18,19). The Morgan fingerprint density at radius 1 is 1.32 bits per heavy atom. The number of hydrogen-bond acceptors (Lipinski definition) is 5. The van der Waals surface area contributed by atoms with Crippen molar-refractivity contribution < 1.29 is 19.0 Å². The normalized spacial score (nSPS) is 11.0. The van der Waals surface area contributed by atoms with Gasteiger partial charge in [0.25, 0.3) is 0 Å². The first-order valence-corrected chi connectivity index (χ1v) is 7.77. The zero-order valence-electron chi connectivity index (χ0n) is 13.6. The molecule has 1 aromatic rings. The van der Waals surface area contributed by atoms with Gasteiger partial charge in [0.1, 0.15) is 5.60 Å². The van der Waals surface area contributed by atoms with Crippen LogP contribution in [-0.2, 0) is 11.3 Å². The molecule has 0 radical (unpaired) electrons. The molecule has 0 heterocycles. The summed E-state index contributed by atoms with van der Waals surface area (Å²) in [5.41, 5.74) is 5.69. The number of hydrogen-bond donors (Lipinski definition) is 2. The van der Waals surface area contributed by atoms with Crippen molar-refractivity contribution in [2.45, 2.75) is 39.8 Å². The van der Waals surface area contributed by atoms with E-state index in [9.17, 15) is 4.79 Å². The van der Waals surface area contributed by atoms with Crippen molar-refractivity contribution in [3.8, 4) is 11.5 Å². The molecule has 0 saturated carbocycles. The van der Waals surface area contributed by atoms with Crippen LogP contribution in [-0.4, -0.2) is 25.4 Å². The number of ether oxygens (including phenoxy) is 3. The Morgan fingerprint density at radius 3 is 2.55 bits per heavy atom. The van der Waals surface area contributed by atoms with Gasteiger partial charge in [-0.15, -0.1) is 0 Å². The minimum atomic E-state index is -0.531. The maximum Gasteiger partial charge on any atom is 0.422 e. The summed E-state index contributed by atoms with van der Waals surface area (Å²) < 4.78 is 16.8. The number of carbonyl (C=O) groups is 1. The molecule has 1 rings (SSSR count). The quantitative estimate of drug-likeness (QED) is 0.746. The summed E-state index contributed by atoms with van der Waals surface area (Å²) in [5.74, 6) is 1.29. The Bertz CT molecular complexity index is 515. The largest absolute Gasteiger partial charge is 0.493 e. The van der Waals surface area contributed by atoms with Crippen LogP contribution in [0, 0.1) is 0 Å². The van der Waals surface area contributed by atoms with Crippen LogP contribution in [0.3, 0.4) is 0 Å². The lowest BCUT2D eigenvalue weighted by Crippen LogP contribution is -2.40. The van der Waals surface area contributed by atoms with Crippen LogP contribution in [0.5, 0.6) is 11.5 Å². The van der Waals surface area contributed by atoms with Gasteiger partial charge < -0.3 is 14.2 Å². The summed E-state index contributed by atoms with van der Waals surface area (Å²) >= 11 is 3.46. The average molecular weight is 375 g/mol. The summed E-state index contributed by atoms with van der Waals surface area (Å²) in [6.07, 6.45) is -0.524. The topological polar surface area (TPSA) is 68.8 Å². The van der Waals surface area contributed by atoms with Crippen molar-refractivity contribution in [3.63, 3.8) is 0 Å². The summed E-state index contributed by atoms with van der Waals surface area (Å²) in [4.78, 5) is 11.5. The second-order valence-corrected chi connectivity index (χ2v) is 6.38. The van der Waals surface area contributed by atoms with Gasteiger partial charge in [0.2, 0.25) is 0 Å². The molecule has 0 aliphatic heterocycles. The molecule has 6 nitrogen and oxygen atoms in total. The molecule has 0 fully saturated rings. The molecule has 124 valence electrons. The lowest BCUT2D eigenvalue weighted by molar-refractivity contribution is 0.0497. The molecular weight excluding hydrogens is 352 g/mol. The van der Waals surface area contributed by atoms with Gasteiger partial charge in [-0.1, -0.05) is 0 Å². The van der Waals surface area contributed by atoms with Crippen molar-refractivity contribution in [2.24, 2.45) is 0 Å². The van der Waals surface area contributed by atoms with Crippen LogP contribution in [0.25, 0.3) is 0 Å². The zero-order valence-corrected chi connectivity index (χ0v) is 15.2. The van der Waals surface area contributed by atoms with E-state index in [1.807, 2.05) is 19.1 Å². The smallest absolute Gasteiger partial charge is 0.422 e. The predicted molar refractivity (Wildman–Crippen MR) is 88.1 cm³/mol. The van der Waals surface area contributed by atoms with Gasteiger partial charge in [-0.3, -0.25) is 5.43 Å². The van der Waals surface area contributed by atoms with Crippen LogP contribution in [0.4, 0.5) is 4.79 Å². The van der Waals surface area contributed by atoms with Crippen LogP contribution in [0.1, 0.15) is 33.3 Å². The van der Waals surface area contributed by atoms with Gasteiger partial charge in [0, 0.05) is 6.54 Å². The Kier molecular flexibility index (Phi) is 6.96. The Labute approximate surface area is 139 Å². The highest BCUT2D eigenvalue weighted by Gasteiger charge is 2.16. The first kappa shape index (κ1) is 18.6. The van der Waals surface area contributed by atoms with Crippen LogP contribution in [0.2, 0.25) is 0 Å². The summed E-state index contributed by atoms with van der Waals surface area (Å²) in [6, 6.07) is 3.75. The zero-order chi connectivity index (χ0) is 16.8. The summed E-state index contributed by atoms with van der Waals surface area (Å²) in [6.45, 7) is 8.29. The van der Waals surface area contributed by atoms with E-state index in [1.54, 1.807) is 27.9 Å². The Balaban J connectivity index is 2.63. The van der Waals surface area contributed by atoms with E-state index in [4.69, 9.17) is 14.2 Å². The number of nitrogens with one attached hydrogen (secondary N) is 2. The monoisotopic (exact) mass is 374 g/mol. The van der Waals surface area contributed by atoms with E-state index in [0.717, 1.165) is 10.0 Å². The number of halogens is 1. The SMILES string of the molecule is CCOc1c(Br)cc(CNNC(=O)OC(C)(C)C)cc1OC. The summed E-state index contributed by atoms with van der Waals surface area (Å²) in [5, 5.41) is 0. The van der Waals surface area contributed by atoms with E-state index < -0.39 is 11.7 Å². The molecular formula is C15H23BrN2O4. The fraction of sp³-hybridized carbons (Fsp3) is 0.533. The second-order valence-electron chi connectivity index (χ2n) is 5.52. The van der Waals surface area contributed by atoms with Gasteiger partial charge in [-0.05, 0) is 61.3 Å². The molecule has 0 unspecified atom stereocenters. The van der Waals surface area contributed by atoms with Crippen molar-refractivity contribution in [3.05, 3.63) is 22.2 Å². The molecule has 7 heteroatoms. The van der Waals surface area contributed by atoms with E-state index in [1.165, 1.54) is 0 Å². The average Bonchev–Trinajstić information content (AvgIpc) is 2.39. The minimum absolute atomic E-state index is 0.417. The van der Waals surface area contributed by atoms with Crippen LogP contribution >= 0.6 is 15.9 Å². The van der Waals surface area contributed by atoms with E-state index in [-0.39, 0.29) is 0 Å². The minimum Gasteiger partial charge on any atom is -0.493 e.